The zero-order valence-electron chi connectivity index (χ0n) is 15.6. The fourth-order valence-electron chi connectivity index (χ4n) is 4.01. The number of ether oxygens (including phenoxy) is 1. The molecular formula is C21H23N5O2. The number of nitrogens with zero attached hydrogens (tertiary/aromatic N) is 2. The van der Waals surface area contributed by atoms with Gasteiger partial charge in [0.1, 0.15) is 0 Å². The van der Waals surface area contributed by atoms with Crippen molar-refractivity contribution in [3.63, 3.8) is 0 Å². The lowest BCUT2D eigenvalue weighted by molar-refractivity contribution is 0.0374. The second kappa shape index (κ2) is 7.26. The number of rotatable bonds is 5. The molecule has 1 fully saturated rings. The average molecular weight is 377 g/mol. The van der Waals surface area contributed by atoms with E-state index in [0.717, 1.165) is 72.0 Å². The van der Waals surface area contributed by atoms with Crippen molar-refractivity contribution in [3.05, 3.63) is 42.1 Å². The van der Waals surface area contributed by atoms with Gasteiger partial charge in [0, 0.05) is 47.6 Å². The topological polar surface area (TPSA) is 86.0 Å². The third-order valence-corrected chi connectivity index (χ3v) is 5.46. The van der Waals surface area contributed by atoms with Gasteiger partial charge in [0.15, 0.2) is 0 Å². The van der Waals surface area contributed by atoms with Crippen LogP contribution < -0.4 is 5.32 Å². The van der Waals surface area contributed by atoms with Gasteiger partial charge in [-0.2, -0.15) is 0 Å². The number of amides is 1. The summed E-state index contributed by atoms with van der Waals surface area (Å²) in [5.74, 6) is -0.0416. The summed E-state index contributed by atoms with van der Waals surface area (Å²) in [7, 11) is 0. The molecule has 28 heavy (non-hydrogen) atoms. The zero-order valence-corrected chi connectivity index (χ0v) is 15.6. The first kappa shape index (κ1) is 17.2. The van der Waals surface area contributed by atoms with Gasteiger partial charge in [0.25, 0.3) is 5.91 Å². The van der Waals surface area contributed by atoms with E-state index in [-0.39, 0.29) is 5.91 Å². The van der Waals surface area contributed by atoms with Crippen LogP contribution in [0.15, 0.2) is 36.5 Å². The summed E-state index contributed by atoms with van der Waals surface area (Å²) in [5.41, 5.74) is 3.38. The quantitative estimate of drug-likeness (QED) is 0.467. The number of fused-ring (bicyclic) bond motifs is 5. The molecule has 3 N–H and O–H groups in total. The molecule has 7 nitrogen and oxygen atoms in total. The van der Waals surface area contributed by atoms with Crippen LogP contribution in [-0.2, 0) is 4.74 Å². The maximum absolute atomic E-state index is 12.9. The first-order valence-corrected chi connectivity index (χ1v) is 9.76. The lowest BCUT2D eigenvalue weighted by Crippen LogP contribution is -2.38. The van der Waals surface area contributed by atoms with Gasteiger partial charge in [-0.15, -0.1) is 0 Å². The summed E-state index contributed by atoms with van der Waals surface area (Å²) in [4.78, 5) is 20.0. The highest BCUT2D eigenvalue weighted by atomic mass is 16.5. The largest absolute Gasteiger partial charge is 0.379 e. The highest BCUT2D eigenvalue weighted by molar-refractivity contribution is 6.21. The van der Waals surface area contributed by atoms with Crippen molar-refractivity contribution in [1.82, 2.24) is 25.4 Å². The van der Waals surface area contributed by atoms with Crippen LogP contribution >= 0.6 is 0 Å². The Morgan fingerprint density at radius 2 is 2.11 bits per heavy atom. The molecule has 2 aromatic carbocycles. The van der Waals surface area contributed by atoms with E-state index in [9.17, 15) is 4.79 Å². The van der Waals surface area contributed by atoms with Gasteiger partial charge in [0.2, 0.25) is 0 Å². The zero-order chi connectivity index (χ0) is 18.9. The minimum Gasteiger partial charge on any atom is -0.379 e. The molecule has 144 valence electrons. The number of H-pyrrole nitrogens is 2. The molecule has 1 saturated heterocycles. The van der Waals surface area contributed by atoms with E-state index in [4.69, 9.17) is 9.72 Å². The molecule has 0 unspecified atom stereocenters. The maximum atomic E-state index is 12.9. The summed E-state index contributed by atoms with van der Waals surface area (Å²) in [6, 6.07) is 9.83. The van der Waals surface area contributed by atoms with E-state index >= 15 is 0 Å². The molecule has 5 rings (SSSR count). The molecule has 0 spiro atoms. The van der Waals surface area contributed by atoms with Gasteiger partial charge in [-0.1, -0.05) is 18.2 Å². The lowest BCUT2D eigenvalue weighted by Gasteiger charge is -2.26. The predicted molar refractivity (Wildman–Crippen MR) is 110 cm³/mol. The van der Waals surface area contributed by atoms with Crippen molar-refractivity contribution in [2.24, 2.45) is 0 Å². The molecule has 0 aliphatic carbocycles. The highest BCUT2D eigenvalue weighted by Crippen LogP contribution is 2.32. The van der Waals surface area contributed by atoms with Crippen LogP contribution in [0.3, 0.4) is 0 Å². The molecule has 0 saturated carbocycles. The summed E-state index contributed by atoms with van der Waals surface area (Å²) >= 11 is 0. The van der Waals surface area contributed by atoms with Crippen molar-refractivity contribution < 1.29 is 9.53 Å². The van der Waals surface area contributed by atoms with Gasteiger partial charge >= 0.3 is 0 Å². The fraction of sp³-hybridized carbons (Fsp3) is 0.333. The first-order chi connectivity index (χ1) is 13.8. The monoisotopic (exact) mass is 377 g/mol. The van der Waals surface area contributed by atoms with E-state index in [0.29, 0.717) is 12.1 Å². The molecule has 0 bridgehead atoms. The summed E-state index contributed by atoms with van der Waals surface area (Å²) in [6.07, 6.45) is 2.84. The lowest BCUT2D eigenvalue weighted by atomic mass is 10.0. The number of aromatic amines is 2. The fourth-order valence-corrected chi connectivity index (χ4v) is 4.01. The average Bonchev–Trinajstić information content (AvgIpc) is 3.35. The van der Waals surface area contributed by atoms with E-state index in [1.807, 2.05) is 36.5 Å². The van der Waals surface area contributed by atoms with Crippen LogP contribution in [0.1, 0.15) is 16.8 Å². The number of morpholine rings is 1. The molecular weight excluding hydrogens is 354 g/mol. The van der Waals surface area contributed by atoms with Crippen LogP contribution in [0.25, 0.3) is 32.7 Å². The van der Waals surface area contributed by atoms with Crippen molar-refractivity contribution in [1.29, 1.82) is 0 Å². The Morgan fingerprint density at radius 3 is 3.00 bits per heavy atom. The number of hydrogen-bond acceptors (Lipinski definition) is 4. The van der Waals surface area contributed by atoms with Gasteiger partial charge < -0.3 is 15.2 Å². The molecule has 0 radical (unpaired) electrons. The molecule has 0 atom stereocenters. The predicted octanol–water partition coefficient (Wildman–Crippen LogP) is 2.65. The second-order valence-electron chi connectivity index (χ2n) is 7.21. The van der Waals surface area contributed by atoms with Crippen molar-refractivity contribution in [3.8, 4) is 0 Å². The SMILES string of the molecule is O=C(NCCCN1CCOCC1)c1cccc2nc3c(ccc4c[nH][nH]c43)c12. The van der Waals surface area contributed by atoms with Gasteiger partial charge in [-0.25, -0.2) is 4.98 Å². The summed E-state index contributed by atoms with van der Waals surface area (Å²) in [6.45, 7) is 5.20. The van der Waals surface area contributed by atoms with Crippen LogP contribution in [0.2, 0.25) is 0 Å². The molecule has 4 aromatic rings. The van der Waals surface area contributed by atoms with Crippen LogP contribution in [-0.4, -0.2) is 65.4 Å². The van der Waals surface area contributed by atoms with Crippen molar-refractivity contribution >= 4 is 38.6 Å². The number of aromatic nitrogens is 3. The highest BCUT2D eigenvalue weighted by Gasteiger charge is 2.17. The van der Waals surface area contributed by atoms with Crippen LogP contribution in [0, 0.1) is 0 Å². The van der Waals surface area contributed by atoms with Gasteiger partial charge in [0.05, 0.1) is 29.8 Å². The minimum absolute atomic E-state index is 0.0416. The Morgan fingerprint density at radius 1 is 1.21 bits per heavy atom. The minimum atomic E-state index is -0.0416. The Hall–Kier alpha value is -2.90. The number of carbonyl (C=O) groups excluding carboxylic acids is 1. The Balaban J connectivity index is 1.37. The Labute approximate surface area is 162 Å². The molecule has 3 heterocycles. The smallest absolute Gasteiger partial charge is 0.251 e. The third-order valence-electron chi connectivity index (χ3n) is 5.46. The molecule has 1 amide bonds. The van der Waals surface area contributed by atoms with Gasteiger partial charge in [-0.05, 0) is 25.1 Å². The number of benzene rings is 2. The van der Waals surface area contributed by atoms with Crippen molar-refractivity contribution in [2.45, 2.75) is 6.42 Å². The van der Waals surface area contributed by atoms with Crippen molar-refractivity contribution in [2.75, 3.05) is 39.4 Å². The molecule has 2 aromatic heterocycles. The third kappa shape index (κ3) is 3.02. The molecule has 7 heteroatoms. The first-order valence-electron chi connectivity index (χ1n) is 9.76. The summed E-state index contributed by atoms with van der Waals surface area (Å²) < 4.78 is 5.37. The molecule has 1 aliphatic heterocycles. The number of hydrogen-bond donors (Lipinski definition) is 3. The van der Waals surface area contributed by atoms with Crippen LogP contribution in [0.5, 0.6) is 0 Å². The number of nitrogens with one attached hydrogen (secondary N) is 3. The number of carbonyl (C=O) groups is 1. The standard InChI is InChI=1S/C21H23N5O2/c27-21(22-7-2-8-26-9-11-28-12-10-26)16-3-1-4-17-18(16)15-6-5-14-13-23-25-19(14)20(15)24-17/h1,3-6,13,23,25H,2,7-12H2,(H,22,27). The normalized spacial score (nSPS) is 15.6. The van der Waals surface area contributed by atoms with Crippen LogP contribution in [0.4, 0.5) is 0 Å². The van der Waals surface area contributed by atoms with E-state index in [1.54, 1.807) is 0 Å². The summed E-state index contributed by atoms with van der Waals surface area (Å²) in [5, 5.41) is 12.2. The molecule has 1 aliphatic rings. The van der Waals surface area contributed by atoms with Gasteiger partial charge in [-0.3, -0.25) is 14.8 Å². The van der Waals surface area contributed by atoms with E-state index < -0.39 is 0 Å². The van der Waals surface area contributed by atoms with E-state index in [1.165, 1.54) is 0 Å². The Kier molecular flexibility index (Phi) is 4.46. The second-order valence-corrected chi connectivity index (χ2v) is 7.21. The Bertz CT molecular complexity index is 1140. The van der Waals surface area contributed by atoms with E-state index in [2.05, 4.69) is 20.4 Å². The maximum Gasteiger partial charge on any atom is 0.251 e.